The van der Waals surface area contributed by atoms with Crippen LogP contribution in [0.4, 0.5) is 18.9 Å². The number of pyridine rings is 1. The molecule has 2 aliphatic heterocycles. The van der Waals surface area contributed by atoms with Crippen LogP contribution < -0.4 is 15.6 Å². The molecule has 310 valence electrons. The van der Waals surface area contributed by atoms with E-state index in [0.29, 0.717) is 37.1 Å². The van der Waals surface area contributed by atoms with Crippen molar-refractivity contribution in [2.45, 2.75) is 121 Å². The van der Waals surface area contributed by atoms with Crippen LogP contribution in [0, 0.1) is 28.5 Å². The van der Waals surface area contributed by atoms with E-state index in [1.807, 2.05) is 16.4 Å². The van der Waals surface area contributed by atoms with Crippen LogP contribution in [-0.2, 0) is 19.1 Å². The number of anilines is 1. The Morgan fingerprint density at radius 2 is 1.81 bits per heavy atom. The summed E-state index contributed by atoms with van der Waals surface area (Å²) in [6.45, 7) is 7.61. The summed E-state index contributed by atoms with van der Waals surface area (Å²) in [5, 5.41) is 33.9. The highest BCUT2D eigenvalue weighted by molar-refractivity contribution is 5.94. The number of Topliss-reactive ketones (excluding diaryl/α,β-unsaturated/α-hetero) is 1. The van der Waals surface area contributed by atoms with Crippen molar-refractivity contribution in [1.29, 1.82) is 0 Å². The molecule has 6 fully saturated rings. The Balaban J connectivity index is 0.000000168. The second-order valence-corrected chi connectivity index (χ2v) is 17.6. The van der Waals surface area contributed by atoms with Crippen molar-refractivity contribution in [3.8, 4) is 0 Å². The molecule has 9 rings (SSSR count). The number of piperazine rings is 1. The summed E-state index contributed by atoms with van der Waals surface area (Å²) in [6, 6.07) is 3.08. The standard InChI is InChI=1S/C25H34F2O6.C17H18FN3O3/c1-4-5-21-32-20-10-14-15-9-17(26)16-8-13(29)6-7-22(16,2)24(15,27)18(30)11-23(14,3)25(20,33-21)19(31)12-28;18-13-7-11-14(8-15(13)20-5-3-19-4-6-20)21(10-1-2-10)9-12(16(11)22)17(23)24/h8,14-15,17-18,20-21,28,30H,4-7,9-12H2,1-3H3;7-10,19H,1-6H2,(H,23,24)/t14-,15-,17-,18-,20+,21+,22-,23-,24-,25+;/m0./s1. The van der Waals surface area contributed by atoms with Crippen molar-refractivity contribution >= 4 is 34.1 Å². The first-order chi connectivity index (χ1) is 27.0. The number of halogens is 3. The second kappa shape index (κ2) is 14.3. The molecule has 4 N–H and O–H groups in total. The van der Waals surface area contributed by atoms with Crippen molar-refractivity contribution in [1.82, 2.24) is 9.88 Å². The minimum Gasteiger partial charge on any atom is -0.477 e. The number of fused-ring (bicyclic) bond motifs is 8. The third-order valence-corrected chi connectivity index (χ3v) is 14.6. The van der Waals surface area contributed by atoms with Crippen LogP contribution in [0.5, 0.6) is 0 Å². The van der Waals surface area contributed by atoms with Gasteiger partial charge in [0.2, 0.25) is 5.43 Å². The summed E-state index contributed by atoms with van der Waals surface area (Å²) < 4.78 is 61.6. The first-order valence-electron chi connectivity index (χ1n) is 20.4. The number of hydrogen-bond donors (Lipinski definition) is 4. The SMILES string of the molecule is CCC[C@@H]1O[C@@H]2C[C@H]3[C@@H]4C[C@H](F)C5=CC(=O)CC[C@]5(C)[C@@]4(F)[C@@H](O)C[C@]3(C)[C@]2(C(=O)CO)O1.O=C(O)c1cn(C2CC2)c2cc(N3CCNCC3)c(F)cc2c1=O. The van der Waals surface area contributed by atoms with Crippen LogP contribution in [-0.4, -0.2) is 106 Å². The number of alkyl halides is 2. The molecule has 10 atom stereocenters. The van der Waals surface area contributed by atoms with Crippen LogP contribution in [0.2, 0.25) is 0 Å². The van der Waals surface area contributed by atoms with Gasteiger partial charge in [0.05, 0.1) is 23.4 Å². The third-order valence-electron chi connectivity index (χ3n) is 14.6. The number of ketones is 2. The maximum atomic E-state index is 17.2. The Labute approximate surface area is 328 Å². The zero-order valence-electron chi connectivity index (χ0n) is 32.6. The summed E-state index contributed by atoms with van der Waals surface area (Å²) in [6.07, 6.45) is 1.92. The summed E-state index contributed by atoms with van der Waals surface area (Å²) in [5.41, 5.74) is -5.66. The number of hydrogen-bond acceptors (Lipinski definition) is 10. The van der Waals surface area contributed by atoms with E-state index in [0.717, 1.165) is 32.4 Å². The maximum Gasteiger partial charge on any atom is 0.341 e. The fourth-order valence-electron chi connectivity index (χ4n) is 11.7. The Morgan fingerprint density at radius 1 is 1.09 bits per heavy atom. The number of carbonyl (C=O) groups is 3. The lowest BCUT2D eigenvalue weighted by Gasteiger charge is -2.64. The number of aromatic nitrogens is 1. The van der Waals surface area contributed by atoms with Gasteiger partial charge in [0.15, 0.2) is 23.5 Å². The predicted molar refractivity (Wildman–Crippen MR) is 202 cm³/mol. The van der Waals surface area contributed by atoms with Gasteiger partial charge in [-0.15, -0.1) is 0 Å². The third kappa shape index (κ3) is 5.88. The molecule has 2 aromatic rings. The van der Waals surface area contributed by atoms with Gasteiger partial charge in [0.25, 0.3) is 0 Å². The minimum absolute atomic E-state index is 0.0666. The topological polar surface area (TPSA) is 168 Å². The first-order valence-corrected chi connectivity index (χ1v) is 20.4. The minimum atomic E-state index is -2.14. The summed E-state index contributed by atoms with van der Waals surface area (Å²) in [7, 11) is 0. The average molecular weight is 800 g/mol. The summed E-state index contributed by atoms with van der Waals surface area (Å²) in [5.74, 6) is -3.86. The lowest BCUT2D eigenvalue weighted by molar-refractivity contribution is -0.242. The highest BCUT2D eigenvalue weighted by Crippen LogP contribution is 2.72. The smallest absolute Gasteiger partial charge is 0.341 e. The van der Waals surface area contributed by atoms with Crippen molar-refractivity contribution in [3.05, 3.63) is 51.6 Å². The number of benzene rings is 1. The van der Waals surface area contributed by atoms with Crippen LogP contribution in [0.25, 0.3) is 10.9 Å². The van der Waals surface area contributed by atoms with E-state index in [1.165, 1.54) is 18.3 Å². The number of carbonyl (C=O) groups excluding carboxylic acids is 2. The molecule has 12 nitrogen and oxygen atoms in total. The molecule has 2 saturated heterocycles. The summed E-state index contributed by atoms with van der Waals surface area (Å²) in [4.78, 5) is 51.0. The van der Waals surface area contributed by atoms with Gasteiger partial charge in [-0.2, -0.15) is 0 Å². The molecule has 0 bridgehead atoms. The number of aromatic carboxylic acids is 1. The number of rotatable bonds is 7. The van der Waals surface area contributed by atoms with Crippen LogP contribution in [0.3, 0.4) is 0 Å². The number of carboxylic acid groups (broad SMARTS) is 1. The number of allylic oxidation sites excluding steroid dienone is 1. The lowest BCUT2D eigenvalue weighted by atomic mass is 9.43. The van der Waals surface area contributed by atoms with Gasteiger partial charge in [0.1, 0.15) is 29.8 Å². The fourth-order valence-corrected chi connectivity index (χ4v) is 11.7. The first kappa shape index (κ1) is 40.2. The van der Waals surface area contributed by atoms with Crippen LogP contribution in [0.15, 0.2) is 34.8 Å². The number of nitrogens with one attached hydrogen (secondary N) is 1. The predicted octanol–water partition coefficient (Wildman–Crippen LogP) is 4.56. The molecule has 0 spiro atoms. The molecule has 0 unspecified atom stereocenters. The molecule has 0 amide bonds. The van der Waals surface area contributed by atoms with Gasteiger partial charge in [-0.1, -0.05) is 27.2 Å². The molecule has 15 heteroatoms. The highest BCUT2D eigenvalue weighted by atomic mass is 19.1. The molecule has 0 radical (unpaired) electrons. The van der Waals surface area contributed by atoms with Crippen molar-refractivity contribution in [3.63, 3.8) is 0 Å². The molecular weight excluding hydrogens is 747 g/mol. The van der Waals surface area contributed by atoms with Gasteiger partial charge >= 0.3 is 5.97 Å². The van der Waals surface area contributed by atoms with E-state index in [1.54, 1.807) is 19.9 Å². The van der Waals surface area contributed by atoms with Crippen LogP contribution >= 0.6 is 0 Å². The van der Waals surface area contributed by atoms with Crippen LogP contribution in [0.1, 0.15) is 95.0 Å². The zero-order chi connectivity index (χ0) is 40.8. The Bertz CT molecular complexity index is 2090. The second-order valence-electron chi connectivity index (χ2n) is 17.6. The number of nitrogens with zero attached hydrogens (tertiary/aromatic N) is 2. The molecule has 1 aromatic carbocycles. The van der Waals surface area contributed by atoms with E-state index in [9.17, 15) is 38.9 Å². The summed E-state index contributed by atoms with van der Waals surface area (Å²) >= 11 is 0. The monoisotopic (exact) mass is 799 g/mol. The van der Waals surface area contributed by atoms with E-state index in [-0.39, 0.29) is 54.0 Å². The van der Waals surface area contributed by atoms with Gasteiger partial charge in [0, 0.05) is 67.0 Å². The molecule has 4 saturated carbocycles. The van der Waals surface area contributed by atoms with E-state index in [2.05, 4.69) is 5.32 Å². The molecule has 7 aliphatic rings. The normalized spacial score (nSPS) is 38.4. The molecule has 1 aromatic heterocycles. The van der Waals surface area contributed by atoms with Crippen molar-refractivity contribution in [2.75, 3.05) is 37.7 Å². The molecular formula is C42H52F3N3O9. The number of carboxylic acids is 1. The largest absolute Gasteiger partial charge is 0.477 e. The van der Waals surface area contributed by atoms with Crippen molar-refractivity contribution in [2.24, 2.45) is 22.7 Å². The lowest BCUT2D eigenvalue weighted by Crippen LogP contribution is -2.71. The molecule has 3 heterocycles. The molecule has 5 aliphatic carbocycles. The Kier molecular flexibility index (Phi) is 10.1. The van der Waals surface area contributed by atoms with Crippen molar-refractivity contribution < 1.29 is 52.3 Å². The van der Waals surface area contributed by atoms with E-state index in [4.69, 9.17) is 9.47 Å². The zero-order valence-corrected chi connectivity index (χ0v) is 32.6. The number of ether oxygens (including phenoxy) is 2. The Morgan fingerprint density at radius 3 is 2.46 bits per heavy atom. The quantitative estimate of drug-likeness (QED) is 0.310. The van der Waals surface area contributed by atoms with Gasteiger partial charge < -0.3 is 39.6 Å². The molecule has 57 heavy (non-hydrogen) atoms. The van der Waals surface area contributed by atoms with Gasteiger partial charge in [-0.05, 0) is 74.6 Å². The number of aliphatic hydroxyl groups excluding tert-OH is 2. The maximum absolute atomic E-state index is 17.2. The van der Waals surface area contributed by atoms with E-state index < -0.39 is 88.2 Å². The average Bonchev–Trinajstić information content (AvgIpc) is 3.91. The van der Waals surface area contributed by atoms with Gasteiger partial charge in [-0.3, -0.25) is 14.4 Å². The Hall–Kier alpha value is -3.63. The van der Waals surface area contributed by atoms with Gasteiger partial charge in [-0.25, -0.2) is 18.0 Å². The highest BCUT2D eigenvalue weighted by Gasteiger charge is 2.80. The van der Waals surface area contributed by atoms with E-state index >= 15 is 8.78 Å². The fraction of sp³-hybridized carbons (Fsp3) is 0.667. The number of aliphatic hydroxyl groups is 2.